The molecule has 3 aromatic rings. The summed E-state index contributed by atoms with van der Waals surface area (Å²) < 4.78 is 12.0. The highest BCUT2D eigenvalue weighted by molar-refractivity contribution is 7.99. The van der Waals surface area contributed by atoms with Gasteiger partial charge in [-0.25, -0.2) is 0 Å². The van der Waals surface area contributed by atoms with Gasteiger partial charge in [0.1, 0.15) is 5.76 Å². The third-order valence-corrected chi connectivity index (χ3v) is 4.85. The Balaban J connectivity index is 1.94. The molecule has 138 valence electrons. The SMILES string of the molecule is CCSc1nnc2c(n1)OC(c1ccc(C)o1)N(C(C)=O)c1ccccc1-2. The topological polar surface area (TPSA) is 81.3 Å². The van der Waals surface area contributed by atoms with E-state index in [1.165, 1.54) is 18.7 Å². The Bertz CT molecular complexity index is 1000. The fraction of sp³-hybridized carbons (Fsp3) is 0.263. The van der Waals surface area contributed by atoms with E-state index < -0.39 is 6.23 Å². The highest BCUT2D eigenvalue weighted by Gasteiger charge is 2.36. The van der Waals surface area contributed by atoms with Crippen molar-refractivity contribution in [3.05, 3.63) is 47.9 Å². The Kier molecular flexibility index (Phi) is 4.57. The molecule has 0 N–H and O–H groups in total. The van der Waals surface area contributed by atoms with E-state index in [0.29, 0.717) is 28.2 Å². The summed E-state index contributed by atoms with van der Waals surface area (Å²) in [6.07, 6.45) is -0.783. The highest BCUT2D eigenvalue weighted by Crippen LogP contribution is 2.43. The second kappa shape index (κ2) is 7.03. The molecule has 0 spiro atoms. The molecule has 0 fully saturated rings. The molecule has 1 aromatic carbocycles. The monoisotopic (exact) mass is 382 g/mol. The van der Waals surface area contributed by atoms with Gasteiger partial charge in [-0.05, 0) is 30.9 Å². The third kappa shape index (κ3) is 3.16. The molecule has 4 rings (SSSR count). The molecule has 0 aliphatic carbocycles. The quantitative estimate of drug-likeness (QED) is 0.633. The zero-order valence-corrected chi connectivity index (χ0v) is 16.0. The molecule has 0 bridgehead atoms. The maximum absolute atomic E-state index is 12.6. The van der Waals surface area contributed by atoms with E-state index in [0.717, 1.165) is 17.1 Å². The molecular weight excluding hydrogens is 364 g/mol. The van der Waals surface area contributed by atoms with Gasteiger partial charge in [-0.1, -0.05) is 36.9 Å². The van der Waals surface area contributed by atoms with E-state index in [4.69, 9.17) is 9.15 Å². The van der Waals surface area contributed by atoms with E-state index in [2.05, 4.69) is 15.2 Å². The highest BCUT2D eigenvalue weighted by atomic mass is 32.2. The molecule has 27 heavy (non-hydrogen) atoms. The summed E-state index contributed by atoms with van der Waals surface area (Å²) >= 11 is 1.48. The van der Waals surface area contributed by atoms with E-state index in [1.54, 1.807) is 11.0 Å². The maximum atomic E-state index is 12.6. The second-order valence-electron chi connectivity index (χ2n) is 6.01. The van der Waals surface area contributed by atoms with E-state index in [-0.39, 0.29) is 5.91 Å². The summed E-state index contributed by atoms with van der Waals surface area (Å²) in [5.41, 5.74) is 1.92. The van der Waals surface area contributed by atoms with E-state index >= 15 is 0 Å². The lowest BCUT2D eigenvalue weighted by Crippen LogP contribution is -2.35. The van der Waals surface area contributed by atoms with Crippen molar-refractivity contribution in [2.75, 3.05) is 10.7 Å². The van der Waals surface area contributed by atoms with Crippen LogP contribution in [0.25, 0.3) is 11.3 Å². The van der Waals surface area contributed by atoms with Gasteiger partial charge < -0.3 is 9.15 Å². The average Bonchev–Trinajstić information content (AvgIpc) is 3.02. The first-order valence-corrected chi connectivity index (χ1v) is 9.56. The molecule has 0 saturated heterocycles. The van der Waals surface area contributed by atoms with Crippen molar-refractivity contribution >= 4 is 23.4 Å². The van der Waals surface area contributed by atoms with Crippen molar-refractivity contribution in [3.63, 3.8) is 0 Å². The van der Waals surface area contributed by atoms with Gasteiger partial charge in [0, 0.05) is 12.5 Å². The van der Waals surface area contributed by atoms with Gasteiger partial charge in [-0.2, -0.15) is 4.98 Å². The Labute approximate surface area is 160 Å². The third-order valence-electron chi connectivity index (χ3n) is 4.13. The Morgan fingerprint density at radius 3 is 2.74 bits per heavy atom. The van der Waals surface area contributed by atoms with Crippen molar-refractivity contribution < 1.29 is 13.9 Å². The number of carbonyl (C=O) groups excluding carboxylic acids is 1. The first kappa shape index (κ1) is 17.5. The van der Waals surface area contributed by atoms with Crippen LogP contribution in [0.15, 0.2) is 46.0 Å². The minimum atomic E-state index is -0.783. The maximum Gasteiger partial charge on any atom is 0.247 e. The summed E-state index contributed by atoms with van der Waals surface area (Å²) in [4.78, 5) is 18.7. The first-order chi connectivity index (χ1) is 13.1. The number of anilines is 1. The first-order valence-electron chi connectivity index (χ1n) is 8.58. The molecule has 1 unspecified atom stereocenters. The number of ether oxygens (including phenoxy) is 1. The zero-order chi connectivity index (χ0) is 19.0. The molecule has 1 atom stereocenters. The van der Waals surface area contributed by atoms with Gasteiger partial charge in [0.25, 0.3) is 0 Å². The number of fused-ring (bicyclic) bond motifs is 3. The predicted molar refractivity (Wildman–Crippen MR) is 102 cm³/mol. The molecule has 1 aliphatic rings. The summed E-state index contributed by atoms with van der Waals surface area (Å²) in [5, 5.41) is 9.06. The minimum Gasteiger partial charge on any atom is -0.460 e. The zero-order valence-electron chi connectivity index (χ0n) is 15.2. The number of thioether (sulfide) groups is 1. The van der Waals surface area contributed by atoms with Gasteiger partial charge in [0.05, 0.1) is 5.69 Å². The predicted octanol–water partition coefficient (Wildman–Crippen LogP) is 4.00. The van der Waals surface area contributed by atoms with Crippen LogP contribution in [0, 0.1) is 6.92 Å². The van der Waals surface area contributed by atoms with Crippen molar-refractivity contribution in [3.8, 4) is 17.1 Å². The summed E-state index contributed by atoms with van der Waals surface area (Å²) in [5.74, 6) is 2.23. The Morgan fingerprint density at radius 1 is 1.22 bits per heavy atom. The molecule has 2 aromatic heterocycles. The normalized spacial score (nSPS) is 15.5. The lowest BCUT2D eigenvalue weighted by Gasteiger charge is -2.28. The number of carbonyl (C=O) groups is 1. The van der Waals surface area contributed by atoms with Crippen LogP contribution in [0.3, 0.4) is 0 Å². The van der Waals surface area contributed by atoms with Gasteiger partial charge in [-0.15, -0.1) is 10.2 Å². The molecule has 0 saturated carbocycles. The smallest absolute Gasteiger partial charge is 0.247 e. The summed E-state index contributed by atoms with van der Waals surface area (Å²) in [6, 6.07) is 11.1. The molecule has 1 amide bonds. The Hall–Kier alpha value is -2.87. The molecule has 7 nitrogen and oxygen atoms in total. The lowest BCUT2D eigenvalue weighted by atomic mass is 10.1. The number of amides is 1. The van der Waals surface area contributed by atoms with Crippen molar-refractivity contribution in [1.29, 1.82) is 0 Å². The number of rotatable bonds is 3. The van der Waals surface area contributed by atoms with Crippen LogP contribution in [-0.4, -0.2) is 26.8 Å². The van der Waals surface area contributed by atoms with Gasteiger partial charge in [0.15, 0.2) is 11.5 Å². The number of hydrogen-bond donors (Lipinski definition) is 0. The van der Waals surface area contributed by atoms with E-state index in [1.807, 2.05) is 44.2 Å². The van der Waals surface area contributed by atoms with Crippen molar-refractivity contribution in [2.45, 2.75) is 32.2 Å². The second-order valence-corrected chi connectivity index (χ2v) is 7.24. The van der Waals surface area contributed by atoms with E-state index in [9.17, 15) is 4.79 Å². The molecule has 3 heterocycles. The van der Waals surface area contributed by atoms with Crippen LogP contribution < -0.4 is 9.64 Å². The number of aromatic nitrogens is 3. The van der Waals surface area contributed by atoms with Gasteiger partial charge in [0.2, 0.25) is 23.2 Å². The summed E-state index contributed by atoms with van der Waals surface area (Å²) in [7, 11) is 0. The van der Waals surface area contributed by atoms with Gasteiger partial charge >= 0.3 is 0 Å². The number of furan rings is 1. The number of nitrogens with zero attached hydrogens (tertiary/aromatic N) is 4. The number of para-hydroxylation sites is 1. The van der Waals surface area contributed by atoms with Crippen LogP contribution in [0.4, 0.5) is 5.69 Å². The fourth-order valence-corrected chi connectivity index (χ4v) is 3.52. The summed E-state index contributed by atoms with van der Waals surface area (Å²) in [6.45, 7) is 5.36. The Morgan fingerprint density at radius 2 is 2.04 bits per heavy atom. The van der Waals surface area contributed by atoms with Crippen LogP contribution >= 0.6 is 11.8 Å². The fourth-order valence-electron chi connectivity index (χ4n) is 3.01. The van der Waals surface area contributed by atoms with Crippen LogP contribution in [0.2, 0.25) is 0 Å². The lowest BCUT2D eigenvalue weighted by molar-refractivity contribution is -0.118. The average molecular weight is 382 g/mol. The number of benzene rings is 1. The minimum absolute atomic E-state index is 0.176. The van der Waals surface area contributed by atoms with Crippen LogP contribution in [0.5, 0.6) is 5.88 Å². The van der Waals surface area contributed by atoms with Crippen LogP contribution in [-0.2, 0) is 4.79 Å². The number of aryl methyl sites for hydroxylation is 1. The molecule has 0 radical (unpaired) electrons. The van der Waals surface area contributed by atoms with Crippen molar-refractivity contribution in [1.82, 2.24) is 15.2 Å². The largest absolute Gasteiger partial charge is 0.460 e. The molecular formula is C19H18N4O3S. The molecule has 8 heteroatoms. The number of hydrogen-bond acceptors (Lipinski definition) is 7. The standard InChI is InChI=1S/C19H18N4O3S/c1-4-27-19-20-17-16(21-22-19)13-7-5-6-8-14(13)23(12(3)24)18(26-17)15-10-9-11(2)25-15/h5-10,18H,4H2,1-3H3. The van der Waals surface area contributed by atoms with Crippen molar-refractivity contribution in [2.24, 2.45) is 0 Å². The van der Waals surface area contributed by atoms with Crippen LogP contribution in [0.1, 0.15) is 31.6 Å². The molecule has 1 aliphatic heterocycles. The van der Waals surface area contributed by atoms with Gasteiger partial charge in [-0.3, -0.25) is 9.69 Å².